The van der Waals surface area contributed by atoms with Gasteiger partial charge in [0.25, 0.3) is 0 Å². The van der Waals surface area contributed by atoms with Crippen LogP contribution in [-0.2, 0) is 0 Å². The molecule has 2 heterocycles. The largest absolute Gasteiger partial charge is 0.308 e. The Morgan fingerprint density at radius 2 is 2.11 bits per heavy atom. The van der Waals surface area contributed by atoms with Gasteiger partial charge in [0.2, 0.25) is 0 Å². The van der Waals surface area contributed by atoms with Crippen LogP contribution < -0.4 is 11.3 Å². The van der Waals surface area contributed by atoms with Crippen molar-refractivity contribution < 1.29 is 0 Å². The third kappa shape index (κ3) is 2.78. The van der Waals surface area contributed by atoms with Crippen LogP contribution in [0.2, 0.25) is 0 Å². The second kappa shape index (κ2) is 5.89. The van der Waals surface area contributed by atoms with E-state index < -0.39 is 0 Å². The van der Waals surface area contributed by atoms with E-state index >= 15 is 0 Å². The van der Waals surface area contributed by atoms with Crippen LogP contribution in [0.25, 0.3) is 0 Å². The standard InChI is InChI=1S/C13H22N4S/c1-8(2)11-9(3)15-12(16-13(11)17-14)10-6-4-5-7-18-10/h8,10H,4-7,14H2,1-3H3,(H,15,16,17). The molecule has 1 aliphatic heterocycles. The van der Waals surface area contributed by atoms with Crippen molar-refractivity contribution in [3.8, 4) is 0 Å². The molecule has 1 atom stereocenters. The van der Waals surface area contributed by atoms with Gasteiger partial charge in [0.15, 0.2) is 0 Å². The first-order valence-electron chi connectivity index (χ1n) is 6.60. The van der Waals surface area contributed by atoms with Gasteiger partial charge in [-0.15, -0.1) is 0 Å². The van der Waals surface area contributed by atoms with Crippen LogP contribution >= 0.6 is 11.8 Å². The quantitative estimate of drug-likeness (QED) is 0.650. The van der Waals surface area contributed by atoms with Crippen LogP contribution in [-0.4, -0.2) is 15.7 Å². The molecule has 1 unspecified atom stereocenters. The Labute approximate surface area is 113 Å². The van der Waals surface area contributed by atoms with Crippen molar-refractivity contribution in [3.05, 3.63) is 17.1 Å². The van der Waals surface area contributed by atoms with Gasteiger partial charge >= 0.3 is 0 Å². The van der Waals surface area contributed by atoms with Gasteiger partial charge in [-0.1, -0.05) is 20.3 Å². The van der Waals surface area contributed by atoms with Crippen molar-refractivity contribution in [3.63, 3.8) is 0 Å². The molecule has 1 aromatic rings. The van der Waals surface area contributed by atoms with E-state index in [0.29, 0.717) is 11.2 Å². The molecule has 2 rings (SSSR count). The van der Waals surface area contributed by atoms with E-state index in [1.165, 1.54) is 25.0 Å². The second-order valence-corrected chi connectivity index (χ2v) is 6.39. The lowest BCUT2D eigenvalue weighted by Crippen LogP contribution is -2.17. The first-order valence-corrected chi connectivity index (χ1v) is 7.65. The van der Waals surface area contributed by atoms with Crippen LogP contribution in [0.15, 0.2) is 0 Å². The van der Waals surface area contributed by atoms with Gasteiger partial charge in [0, 0.05) is 11.3 Å². The van der Waals surface area contributed by atoms with E-state index in [1.54, 1.807) is 0 Å². The minimum absolute atomic E-state index is 0.379. The third-order valence-corrected chi connectivity index (χ3v) is 4.71. The second-order valence-electron chi connectivity index (χ2n) is 5.08. The summed E-state index contributed by atoms with van der Waals surface area (Å²) in [5, 5.41) is 0.436. The zero-order chi connectivity index (χ0) is 13.1. The van der Waals surface area contributed by atoms with E-state index in [-0.39, 0.29) is 0 Å². The summed E-state index contributed by atoms with van der Waals surface area (Å²) in [5.41, 5.74) is 4.91. The van der Waals surface area contributed by atoms with E-state index in [1.807, 2.05) is 11.8 Å². The van der Waals surface area contributed by atoms with Crippen molar-refractivity contribution >= 4 is 17.6 Å². The fourth-order valence-electron chi connectivity index (χ4n) is 2.49. The smallest absolute Gasteiger partial charge is 0.147 e. The normalized spacial score (nSPS) is 20.2. The molecule has 0 saturated carbocycles. The molecule has 100 valence electrons. The lowest BCUT2D eigenvalue weighted by atomic mass is 10.0. The number of rotatable bonds is 3. The summed E-state index contributed by atoms with van der Waals surface area (Å²) >= 11 is 1.96. The average Bonchev–Trinajstić information content (AvgIpc) is 2.38. The summed E-state index contributed by atoms with van der Waals surface area (Å²) in [6.45, 7) is 6.33. The lowest BCUT2D eigenvalue weighted by Gasteiger charge is -2.22. The average molecular weight is 266 g/mol. The Kier molecular flexibility index (Phi) is 4.45. The number of nitrogens with zero attached hydrogens (tertiary/aromatic N) is 2. The Bertz CT molecular complexity index is 414. The maximum absolute atomic E-state index is 5.61. The first-order chi connectivity index (χ1) is 8.63. The highest BCUT2D eigenvalue weighted by molar-refractivity contribution is 7.99. The number of aromatic nitrogens is 2. The minimum atomic E-state index is 0.379. The maximum atomic E-state index is 5.61. The van der Waals surface area contributed by atoms with Crippen molar-refractivity contribution in [2.24, 2.45) is 5.84 Å². The molecule has 0 aromatic carbocycles. The monoisotopic (exact) mass is 266 g/mol. The molecule has 1 fully saturated rings. The molecule has 0 spiro atoms. The summed E-state index contributed by atoms with van der Waals surface area (Å²) in [4.78, 5) is 9.33. The van der Waals surface area contributed by atoms with E-state index in [2.05, 4.69) is 31.2 Å². The number of anilines is 1. The highest BCUT2D eigenvalue weighted by atomic mass is 32.2. The van der Waals surface area contributed by atoms with E-state index in [4.69, 9.17) is 10.8 Å². The Hall–Kier alpha value is -0.810. The number of nitrogens with two attached hydrogens (primary N) is 1. The van der Waals surface area contributed by atoms with Crippen LogP contribution in [0.1, 0.15) is 61.4 Å². The van der Waals surface area contributed by atoms with Crippen LogP contribution in [0.4, 0.5) is 5.82 Å². The molecular weight excluding hydrogens is 244 g/mol. The lowest BCUT2D eigenvalue weighted by molar-refractivity contribution is 0.657. The number of thioether (sulfide) groups is 1. The zero-order valence-electron chi connectivity index (χ0n) is 11.4. The molecule has 1 aromatic heterocycles. The highest BCUT2D eigenvalue weighted by Crippen LogP contribution is 2.38. The SMILES string of the molecule is Cc1nc(C2CCCCS2)nc(NN)c1C(C)C. The molecule has 4 nitrogen and oxygen atoms in total. The van der Waals surface area contributed by atoms with Crippen LogP contribution in [0.5, 0.6) is 0 Å². The number of nitrogen functional groups attached to an aromatic ring is 1. The van der Waals surface area contributed by atoms with Crippen LogP contribution in [0.3, 0.4) is 0 Å². The van der Waals surface area contributed by atoms with Gasteiger partial charge in [0.1, 0.15) is 11.6 Å². The zero-order valence-corrected chi connectivity index (χ0v) is 12.2. The number of hydrazine groups is 1. The fraction of sp³-hybridized carbons (Fsp3) is 0.692. The molecule has 1 aliphatic rings. The van der Waals surface area contributed by atoms with Gasteiger partial charge in [-0.25, -0.2) is 15.8 Å². The molecule has 0 aliphatic carbocycles. The molecule has 0 amide bonds. The van der Waals surface area contributed by atoms with E-state index in [0.717, 1.165) is 22.9 Å². The predicted molar refractivity (Wildman–Crippen MR) is 77.7 cm³/mol. The van der Waals surface area contributed by atoms with Crippen molar-refractivity contribution in [2.75, 3.05) is 11.2 Å². The Morgan fingerprint density at radius 3 is 2.67 bits per heavy atom. The van der Waals surface area contributed by atoms with Gasteiger partial charge in [-0.05, 0) is 31.4 Å². The summed E-state index contributed by atoms with van der Waals surface area (Å²) in [6.07, 6.45) is 3.76. The van der Waals surface area contributed by atoms with Crippen molar-refractivity contribution in [1.82, 2.24) is 9.97 Å². The first kappa shape index (κ1) is 13.6. The maximum Gasteiger partial charge on any atom is 0.147 e. The fourth-order valence-corrected chi connectivity index (χ4v) is 3.74. The molecule has 5 heteroatoms. The van der Waals surface area contributed by atoms with E-state index in [9.17, 15) is 0 Å². The number of nitrogens with one attached hydrogen (secondary N) is 1. The van der Waals surface area contributed by atoms with Gasteiger partial charge in [-0.2, -0.15) is 11.8 Å². The molecule has 18 heavy (non-hydrogen) atoms. The number of hydrogen-bond donors (Lipinski definition) is 2. The molecule has 0 bridgehead atoms. The summed E-state index contributed by atoms with van der Waals surface area (Å²) in [5.74, 6) is 8.93. The summed E-state index contributed by atoms with van der Waals surface area (Å²) in [7, 11) is 0. The van der Waals surface area contributed by atoms with Crippen molar-refractivity contribution in [1.29, 1.82) is 0 Å². The number of aryl methyl sites for hydroxylation is 1. The number of hydrogen-bond acceptors (Lipinski definition) is 5. The molecule has 3 N–H and O–H groups in total. The van der Waals surface area contributed by atoms with Crippen molar-refractivity contribution in [2.45, 2.75) is 51.2 Å². The van der Waals surface area contributed by atoms with Crippen LogP contribution in [0, 0.1) is 6.92 Å². The summed E-state index contributed by atoms with van der Waals surface area (Å²) < 4.78 is 0. The Morgan fingerprint density at radius 1 is 1.33 bits per heavy atom. The topological polar surface area (TPSA) is 63.8 Å². The Balaban J connectivity index is 2.35. The minimum Gasteiger partial charge on any atom is -0.308 e. The van der Waals surface area contributed by atoms with Gasteiger partial charge in [0.05, 0.1) is 5.25 Å². The predicted octanol–water partition coefficient (Wildman–Crippen LogP) is 3.15. The summed E-state index contributed by atoms with van der Waals surface area (Å²) in [6, 6.07) is 0. The third-order valence-electron chi connectivity index (χ3n) is 3.34. The highest BCUT2D eigenvalue weighted by Gasteiger charge is 2.22. The molecule has 0 radical (unpaired) electrons. The van der Waals surface area contributed by atoms with Gasteiger partial charge < -0.3 is 5.43 Å². The molecule has 1 saturated heterocycles. The van der Waals surface area contributed by atoms with Gasteiger partial charge in [-0.3, -0.25) is 0 Å². The molecular formula is C13H22N4S.